The van der Waals surface area contributed by atoms with E-state index >= 15 is 0 Å². The van der Waals surface area contributed by atoms with Crippen LogP contribution >= 0.6 is 0 Å². The van der Waals surface area contributed by atoms with E-state index in [1.54, 1.807) is 7.11 Å². The van der Waals surface area contributed by atoms with Crippen LogP contribution in [-0.4, -0.2) is 37.1 Å². The summed E-state index contributed by atoms with van der Waals surface area (Å²) in [7, 11) is 1.66. The molecule has 0 amide bonds. The van der Waals surface area contributed by atoms with Crippen LogP contribution in [0.25, 0.3) is 22.5 Å². The van der Waals surface area contributed by atoms with Gasteiger partial charge < -0.3 is 4.74 Å². The molecular weight excluding hydrogens is 340 g/mol. The summed E-state index contributed by atoms with van der Waals surface area (Å²) in [4.78, 5) is 0. The van der Waals surface area contributed by atoms with Gasteiger partial charge in [-0.15, -0.1) is 10.2 Å². The van der Waals surface area contributed by atoms with E-state index in [0.29, 0.717) is 6.54 Å². The summed E-state index contributed by atoms with van der Waals surface area (Å²) in [5.41, 5.74) is 6.36. The number of aryl methyl sites for hydroxylation is 2. The second-order valence-corrected chi connectivity index (χ2v) is 6.54. The molecule has 1 aliphatic rings. The molecule has 0 N–H and O–H groups in total. The normalized spacial score (nSPS) is 12.5. The Bertz CT molecular complexity index is 1100. The largest absolute Gasteiger partial charge is 0.497 e. The van der Waals surface area contributed by atoms with Crippen molar-refractivity contribution >= 4 is 0 Å². The molecule has 0 saturated carbocycles. The van der Waals surface area contributed by atoms with Crippen LogP contribution in [0, 0.1) is 0 Å². The molecule has 4 aromatic rings. The van der Waals surface area contributed by atoms with E-state index in [0.717, 1.165) is 41.4 Å². The number of rotatable bonds is 4. The van der Waals surface area contributed by atoms with Crippen LogP contribution in [-0.2, 0) is 19.5 Å². The summed E-state index contributed by atoms with van der Waals surface area (Å²) in [5.74, 6) is 0.820. The van der Waals surface area contributed by atoms with E-state index < -0.39 is 0 Å². The molecule has 0 atom stereocenters. The zero-order valence-electron chi connectivity index (χ0n) is 14.9. The predicted octanol–water partition coefficient (Wildman–Crippen LogP) is 2.82. The fraction of sp³-hybridized carbons (Fsp3) is 0.200. The van der Waals surface area contributed by atoms with E-state index in [-0.39, 0.29) is 0 Å². The summed E-state index contributed by atoms with van der Waals surface area (Å²) >= 11 is 0. The third kappa shape index (κ3) is 2.77. The van der Waals surface area contributed by atoms with Gasteiger partial charge in [-0.1, -0.05) is 34.7 Å². The highest BCUT2D eigenvalue weighted by molar-refractivity contribution is 5.67. The average Bonchev–Trinajstić information content (AvgIpc) is 3.36. The van der Waals surface area contributed by atoms with Gasteiger partial charge in [0.1, 0.15) is 17.1 Å². The third-order valence-electron chi connectivity index (χ3n) is 4.91. The molecule has 134 valence electrons. The fourth-order valence-electron chi connectivity index (χ4n) is 3.53. The maximum Gasteiger partial charge on any atom is 0.118 e. The number of hydrogen-bond donors (Lipinski definition) is 0. The quantitative estimate of drug-likeness (QED) is 0.561. The molecule has 0 bridgehead atoms. The van der Waals surface area contributed by atoms with Crippen molar-refractivity contribution < 1.29 is 4.74 Å². The molecule has 0 unspecified atom stereocenters. The van der Waals surface area contributed by atoms with Gasteiger partial charge in [-0.2, -0.15) is 0 Å². The van der Waals surface area contributed by atoms with Gasteiger partial charge in [0.15, 0.2) is 0 Å². The number of methoxy groups -OCH3 is 1. The maximum absolute atomic E-state index is 5.20. The van der Waals surface area contributed by atoms with Crippen LogP contribution in [0.2, 0.25) is 0 Å². The zero-order valence-corrected chi connectivity index (χ0v) is 14.9. The van der Waals surface area contributed by atoms with Gasteiger partial charge in [-0.25, -0.2) is 9.36 Å². The molecule has 1 aliphatic heterocycles. The van der Waals surface area contributed by atoms with Crippen LogP contribution < -0.4 is 4.74 Å². The molecular formula is C20H18N6O. The second kappa shape index (κ2) is 6.35. The van der Waals surface area contributed by atoms with Gasteiger partial charge in [0.25, 0.3) is 0 Å². The number of hydrogen-bond acceptors (Lipinski definition) is 5. The molecule has 7 nitrogen and oxygen atoms in total. The van der Waals surface area contributed by atoms with Gasteiger partial charge in [0.05, 0.1) is 25.5 Å². The fourth-order valence-corrected chi connectivity index (χ4v) is 3.53. The minimum Gasteiger partial charge on any atom is -0.497 e. The van der Waals surface area contributed by atoms with E-state index in [1.165, 1.54) is 11.1 Å². The maximum atomic E-state index is 5.20. The van der Waals surface area contributed by atoms with Crippen molar-refractivity contribution in [2.45, 2.75) is 19.5 Å². The molecule has 7 heteroatoms. The molecule has 27 heavy (non-hydrogen) atoms. The van der Waals surface area contributed by atoms with E-state index in [9.17, 15) is 0 Å². The lowest BCUT2D eigenvalue weighted by molar-refractivity contribution is 0.415. The minimum atomic E-state index is 0.535. The summed E-state index contributed by atoms with van der Waals surface area (Å²) in [6.07, 6.45) is 2.92. The van der Waals surface area contributed by atoms with Crippen molar-refractivity contribution in [3.05, 3.63) is 66.0 Å². The average molecular weight is 358 g/mol. The Morgan fingerprint density at radius 2 is 1.85 bits per heavy atom. The van der Waals surface area contributed by atoms with Gasteiger partial charge in [-0.05, 0) is 36.2 Å². The topological polar surface area (TPSA) is 70.7 Å². The molecule has 0 fully saturated rings. The number of aromatic nitrogens is 6. The number of nitrogens with zero attached hydrogens (tertiary/aromatic N) is 6. The van der Waals surface area contributed by atoms with Gasteiger partial charge in [0.2, 0.25) is 0 Å². The van der Waals surface area contributed by atoms with Crippen LogP contribution in [0.3, 0.4) is 0 Å². The Kier molecular flexibility index (Phi) is 3.71. The first-order valence-electron chi connectivity index (χ1n) is 8.87. The number of benzene rings is 2. The highest BCUT2D eigenvalue weighted by Crippen LogP contribution is 2.31. The molecule has 0 spiro atoms. The van der Waals surface area contributed by atoms with Gasteiger partial charge in [0, 0.05) is 17.7 Å². The van der Waals surface area contributed by atoms with Crippen LogP contribution in [0.1, 0.15) is 11.3 Å². The third-order valence-corrected chi connectivity index (χ3v) is 4.91. The minimum absolute atomic E-state index is 0.535. The first-order chi connectivity index (χ1) is 13.3. The van der Waals surface area contributed by atoms with E-state index in [4.69, 9.17) is 4.74 Å². The van der Waals surface area contributed by atoms with Crippen LogP contribution in [0.5, 0.6) is 5.75 Å². The lowest BCUT2D eigenvalue weighted by Gasteiger charge is -2.17. The molecule has 2 aromatic heterocycles. The first kappa shape index (κ1) is 15.7. The molecule has 0 radical (unpaired) electrons. The Morgan fingerprint density at radius 3 is 2.70 bits per heavy atom. The number of fused-ring (bicyclic) bond motifs is 3. The highest BCUT2D eigenvalue weighted by Gasteiger charge is 2.22. The first-order valence-corrected chi connectivity index (χ1v) is 8.87. The summed E-state index contributed by atoms with van der Waals surface area (Å²) in [5, 5.41) is 17.3. The Labute approximate surface area is 156 Å². The van der Waals surface area contributed by atoms with E-state index in [2.05, 4.69) is 44.9 Å². The Balaban J connectivity index is 1.44. The lowest BCUT2D eigenvalue weighted by atomic mass is 9.97. The SMILES string of the molecule is COc1ccc(-c2cn(Cc3nnn4c3-c3ccccc3CC4)nn2)cc1. The summed E-state index contributed by atoms with van der Waals surface area (Å²) in [6, 6.07) is 16.2. The molecule has 2 aromatic carbocycles. The second-order valence-electron chi connectivity index (χ2n) is 6.54. The molecule has 0 aliphatic carbocycles. The van der Waals surface area contributed by atoms with Crippen molar-refractivity contribution in [3.63, 3.8) is 0 Å². The van der Waals surface area contributed by atoms with Gasteiger partial charge in [-0.3, -0.25) is 0 Å². The van der Waals surface area contributed by atoms with Gasteiger partial charge >= 0.3 is 0 Å². The smallest absolute Gasteiger partial charge is 0.118 e. The van der Waals surface area contributed by atoms with Crippen molar-refractivity contribution in [2.24, 2.45) is 0 Å². The molecule has 5 rings (SSSR count). The molecule has 3 heterocycles. The predicted molar refractivity (Wildman–Crippen MR) is 100 cm³/mol. The van der Waals surface area contributed by atoms with Crippen molar-refractivity contribution in [1.82, 2.24) is 30.0 Å². The summed E-state index contributed by atoms with van der Waals surface area (Å²) < 4.78 is 9.00. The van der Waals surface area contributed by atoms with E-state index in [1.807, 2.05) is 39.8 Å². The van der Waals surface area contributed by atoms with Crippen molar-refractivity contribution in [1.29, 1.82) is 0 Å². The Hall–Kier alpha value is -3.48. The van der Waals surface area contributed by atoms with Crippen molar-refractivity contribution in [2.75, 3.05) is 7.11 Å². The van der Waals surface area contributed by atoms with Crippen LogP contribution in [0.15, 0.2) is 54.7 Å². The van der Waals surface area contributed by atoms with Crippen LogP contribution in [0.4, 0.5) is 0 Å². The monoisotopic (exact) mass is 358 g/mol. The van der Waals surface area contributed by atoms with Crippen molar-refractivity contribution in [3.8, 4) is 28.3 Å². The Morgan fingerprint density at radius 1 is 1.00 bits per heavy atom. The lowest BCUT2D eigenvalue weighted by Crippen LogP contribution is -2.13. The zero-order chi connectivity index (χ0) is 18.2. The number of ether oxygens (including phenoxy) is 1. The molecule has 0 saturated heterocycles. The summed E-state index contributed by atoms with van der Waals surface area (Å²) in [6.45, 7) is 1.39. The highest BCUT2D eigenvalue weighted by atomic mass is 16.5. The standard InChI is InChI=1S/C20H18N6O/c1-27-16-8-6-15(7-9-16)18-12-25(23-21-18)13-19-20-17-5-3-2-4-14(17)10-11-26(20)24-22-19/h2-9,12H,10-11,13H2,1H3.